The van der Waals surface area contributed by atoms with Crippen LogP contribution < -0.4 is 0 Å². The van der Waals surface area contributed by atoms with Gasteiger partial charge in [0.15, 0.2) is 5.82 Å². The van der Waals surface area contributed by atoms with Crippen molar-refractivity contribution in [3.05, 3.63) is 231 Å². The highest BCUT2D eigenvalue weighted by atomic mass is 15.0. The van der Waals surface area contributed by atoms with Gasteiger partial charge in [-0.1, -0.05) is 170 Å². The van der Waals surface area contributed by atoms with Crippen LogP contribution in [0.3, 0.4) is 0 Å². The lowest BCUT2D eigenvalue weighted by Crippen LogP contribution is -1.97. The molecule has 0 atom stereocenters. The lowest BCUT2D eigenvalue weighted by Gasteiger charge is -2.15. The van der Waals surface area contributed by atoms with Crippen LogP contribution in [0.5, 0.6) is 0 Å². The van der Waals surface area contributed by atoms with Crippen molar-refractivity contribution < 1.29 is 0 Å². The number of hydrogen-bond donors (Lipinski definition) is 0. The summed E-state index contributed by atoms with van der Waals surface area (Å²) in [6, 6.07) is 81.5. The predicted octanol–water partition coefficient (Wildman–Crippen LogP) is 15.3. The average Bonchev–Trinajstić information content (AvgIpc) is 3.69. The SMILES string of the molecule is c1ccc(-c2cc(-c3ccccc3)cc(-c3cc(-c4ccc5c(c4)nc(-c4ccccc4)c4cc6c7ccccc7n(-c7ccccc7)c6cc45)nc(-c4ccccc4)n3)c2)cc1. The highest BCUT2D eigenvalue weighted by Crippen LogP contribution is 2.41. The molecule has 0 fully saturated rings. The van der Waals surface area contributed by atoms with E-state index in [1.54, 1.807) is 0 Å². The Hall–Kier alpha value is -8.47. The molecule has 0 saturated heterocycles. The molecule has 12 rings (SSSR count). The summed E-state index contributed by atoms with van der Waals surface area (Å²) >= 11 is 0. The van der Waals surface area contributed by atoms with E-state index in [1.807, 2.05) is 18.2 Å². The normalized spacial score (nSPS) is 11.5. The van der Waals surface area contributed by atoms with Crippen molar-refractivity contribution in [1.82, 2.24) is 19.5 Å². The minimum absolute atomic E-state index is 0.669. The predicted molar refractivity (Wildman–Crippen MR) is 262 cm³/mol. The van der Waals surface area contributed by atoms with Crippen molar-refractivity contribution in [2.75, 3.05) is 0 Å². The van der Waals surface area contributed by atoms with E-state index in [9.17, 15) is 0 Å². The number of fused-ring (bicyclic) bond motifs is 6. The third-order valence-corrected chi connectivity index (χ3v) is 12.1. The molecule has 3 heterocycles. The van der Waals surface area contributed by atoms with Gasteiger partial charge in [-0.3, -0.25) is 0 Å². The molecule has 0 bridgehead atoms. The summed E-state index contributed by atoms with van der Waals surface area (Å²) in [6.45, 7) is 0. The van der Waals surface area contributed by atoms with Gasteiger partial charge in [0.1, 0.15) is 0 Å². The van der Waals surface area contributed by atoms with Crippen LogP contribution in [0.4, 0.5) is 0 Å². The summed E-state index contributed by atoms with van der Waals surface area (Å²) in [5, 5.41) is 5.77. The zero-order chi connectivity index (χ0) is 41.7. The van der Waals surface area contributed by atoms with Crippen LogP contribution in [0.2, 0.25) is 0 Å². The molecule has 12 aromatic rings. The third-order valence-electron chi connectivity index (χ3n) is 12.1. The van der Waals surface area contributed by atoms with Gasteiger partial charge in [0, 0.05) is 49.5 Å². The first kappa shape index (κ1) is 36.4. The summed E-state index contributed by atoms with van der Waals surface area (Å²) in [7, 11) is 0. The van der Waals surface area contributed by atoms with Gasteiger partial charge in [-0.2, -0.15) is 0 Å². The molecule has 0 aliphatic carbocycles. The molecule has 0 radical (unpaired) electrons. The topological polar surface area (TPSA) is 43.6 Å². The van der Waals surface area contributed by atoms with E-state index in [2.05, 4.69) is 217 Å². The lowest BCUT2D eigenvalue weighted by molar-refractivity contribution is 1.18. The van der Waals surface area contributed by atoms with Crippen molar-refractivity contribution in [2.24, 2.45) is 0 Å². The molecule has 0 amide bonds. The highest BCUT2D eigenvalue weighted by Gasteiger charge is 2.19. The molecule has 0 spiro atoms. The molecular weight excluding hydrogens is 765 g/mol. The third kappa shape index (κ3) is 6.53. The molecule has 294 valence electrons. The lowest BCUT2D eigenvalue weighted by atomic mass is 9.94. The van der Waals surface area contributed by atoms with Gasteiger partial charge in [-0.15, -0.1) is 0 Å². The number of hydrogen-bond acceptors (Lipinski definition) is 3. The van der Waals surface area contributed by atoms with Gasteiger partial charge in [0.05, 0.1) is 33.6 Å². The van der Waals surface area contributed by atoms with Gasteiger partial charge >= 0.3 is 0 Å². The van der Waals surface area contributed by atoms with Crippen molar-refractivity contribution in [1.29, 1.82) is 0 Å². The van der Waals surface area contributed by atoms with Crippen LogP contribution >= 0.6 is 0 Å². The maximum absolute atomic E-state index is 5.51. The van der Waals surface area contributed by atoms with Crippen LogP contribution in [0.15, 0.2) is 231 Å². The zero-order valence-electron chi connectivity index (χ0n) is 34.2. The minimum Gasteiger partial charge on any atom is -0.309 e. The van der Waals surface area contributed by atoms with E-state index in [1.165, 1.54) is 16.3 Å². The Labute approximate surface area is 365 Å². The van der Waals surface area contributed by atoms with E-state index < -0.39 is 0 Å². The second-order valence-electron chi connectivity index (χ2n) is 16.0. The molecule has 9 aromatic carbocycles. The molecule has 4 nitrogen and oxygen atoms in total. The van der Waals surface area contributed by atoms with E-state index in [4.69, 9.17) is 15.0 Å². The maximum Gasteiger partial charge on any atom is 0.160 e. The monoisotopic (exact) mass is 802 g/mol. The molecule has 0 aliphatic heterocycles. The molecule has 3 aromatic heterocycles. The average molecular weight is 803 g/mol. The number of nitrogens with zero attached hydrogens (tertiary/aromatic N) is 4. The molecule has 0 unspecified atom stereocenters. The number of rotatable bonds is 7. The van der Waals surface area contributed by atoms with E-state index in [0.29, 0.717) is 5.82 Å². The fourth-order valence-electron chi connectivity index (χ4n) is 9.13. The van der Waals surface area contributed by atoms with Crippen molar-refractivity contribution in [2.45, 2.75) is 0 Å². The zero-order valence-corrected chi connectivity index (χ0v) is 34.2. The first-order chi connectivity index (χ1) is 31.2. The van der Waals surface area contributed by atoms with Crippen LogP contribution in [0.25, 0.3) is 117 Å². The van der Waals surface area contributed by atoms with Gasteiger partial charge in [0.25, 0.3) is 0 Å². The summed E-state index contributed by atoms with van der Waals surface area (Å²) in [4.78, 5) is 16.1. The number of para-hydroxylation sites is 2. The first-order valence-corrected chi connectivity index (χ1v) is 21.3. The van der Waals surface area contributed by atoms with Crippen molar-refractivity contribution in [3.8, 4) is 73.1 Å². The van der Waals surface area contributed by atoms with E-state index in [0.717, 1.165) is 94.5 Å². The minimum atomic E-state index is 0.669. The van der Waals surface area contributed by atoms with E-state index in [-0.39, 0.29) is 0 Å². The van der Waals surface area contributed by atoms with Gasteiger partial charge < -0.3 is 4.57 Å². The Morgan fingerprint density at radius 3 is 1.46 bits per heavy atom. The van der Waals surface area contributed by atoms with Crippen LogP contribution in [-0.2, 0) is 0 Å². The second kappa shape index (κ2) is 15.2. The summed E-state index contributed by atoms with van der Waals surface area (Å²) < 4.78 is 2.39. The van der Waals surface area contributed by atoms with Crippen LogP contribution in [0.1, 0.15) is 0 Å². The Bertz CT molecular complexity index is 3580. The quantitative estimate of drug-likeness (QED) is 0.151. The highest BCUT2D eigenvalue weighted by molar-refractivity contribution is 6.20. The molecule has 4 heteroatoms. The molecule has 0 N–H and O–H groups in total. The van der Waals surface area contributed by atoms with Gasteiger partial charge in [-0.05, 0) is 88.3 Å². The fourth-order valence-corrected chi connectivity index (χ4v) is 9.13. The molecule has 0 saturated carbocycles. The largest absolute Gasteiger partial charge is 0.309 e. The molecule has 0 aliphatic rings. The fraction of sp³-hybridized carbons (Fsp3) is 0. The standard InChI is InChI=1S/C59H38N4/c1-6-18-39(19-7-1)44-32-45(40-20-8-2-9-21-40)34-46(33-44)54-38-53(61-59(62-54)42-24-12-4-13-25-42)43-30-31-48-50-37-57-51(36-52(50)58(60-55(48)35-43)41-22-10-3-11-23-41)49-28-16-17-29-56(49)63(57)47-26-14-5-15-27-47/h1-38H. The summed E-state index contributed by atoms with van der Waals surface area (Å²) in [5.74, 6) is 0.669. The Morgan fingerprint density at radius 2 is 0.810 bits per heavy atom. The maximum atomic E-state index is 5.51. The number of aromatic nitrogens is 4. The summed E-state index contributed by atoms with van der Waals surface area (Å²) in [6.07, 6.45) is 0. The summed E-state index contributed by atoms with van der Waals surface area (Å²) in [5.41, 5.74) is 15.6. The first-order valence-electron chi connectivity index (χ1n) is 21.3. The van der Waals surface area contributed by atoms with Gasteiger partial charge in [-0.25, -0.2) is 15.0 Å². The van der Waals surface area contributed by atoms with Gasteiger partial charge in [0.2, 0.25) is 0 Å². The number of benzene rings is 9. The molecule has 63 heavy (non-hydrogen) atoms. The van der Waals surface area contributed by atoms with Crippen molar-refractivity contribution >= 4 is 43.5 Å². The second-order valence-corrected chi connectivity index (χ2v) is 16.0. The Balaban J connectivity index is 1.10. The van der Waals surface area contributed by atoms with E-state index >= 15 is 0 Å². The van der Waals surface area contributed by atoms with Crippen LogP contribution in [-0.4, -0.2) is 19.5 Å². The van der Waals surface area contributed by atoms with Crippen LogP contribution in [0, 0.1) is 0 Å². The smallest absolute Gasteiger partial charge is 0.160 e. The number of pyridine rings is 1. The Kier molecular flexibility index (Phi) is 8.79. The van der Waals surface area contributed by atoms with Crippen molar-refractivity contribution in [3.63, 3.8) is 0 Å². The molecular formula is C59H38N4. The Morgan fingerprint density at radius 1 is 0.270 bits per heavy atom.